The van der Waals surface area contributed by atoms with Crippen LogP contribution < -0.4 is 5.32 Å². The molecule has 5 rings (SSSR count). The Hall–Kier alpha value is -3.47. The molecule has 34 heavy (non-hydrogen) atoms. The maximum atomic E-state index is 12.8. The van der Waals surface area contributed by atoms with Crippen LogP contribution in [0.2, 0.25) is 5.02 Å². The third-order valence-corrected chi connectivity index (χ3v) is 6.75. The van der Waals surface area contributed by atoms with Crippen LogP contribution in [-0.4, -0.2) is 31.3 Å². The number of nitrogens with zero attached hydrogens (tertiary/aromatic N) is 4. The van der Waals surface area contributed by atoms with Gasteiger partial charge in [-0.1, -0.05) is 41.6 Å². The van der Waals surface area contributed by atoms with Gasteiger partial charge >= 0.3 is 0 Å². The van der Waals surface area contributed by atoms with E-state index in [4.69, 9.17) is 20.4 Å². The van der Waals surface area contributed by atoms with Crippen LogP contribution in [-0.2, 0) is 4.79 Å². The number of rotatable bonds is 7. The molecular formula is C23H16ClN5O3S2. The molecular weight excluding hydrogens is 494 g/mol. The molecule has 0 radical (unpaired) electrons. The summed E-state index contributed by atoms with van der Waals surface area (Å²) >= 11 is 8.76. The van der Waals surface area contributed by atoms with Crippen molar-refractivity contribution in [1.82, 2.24) is 20.2 Å². The number of carbonyl (C=O) groups excluding carboxylic acids is 1. The highest BCUT2D eigenvalue weighted by Crippen LogP contribution is 2.33. The fraction of sp³-hybridized carbons (Fsp3) is 0.0870. The summed E-state index contributed by atoms with van der Waals surface area (Å²) < 4.78 is 11.0. The molecule has 0 saturated heterocycles. The fourth-order valence-corrected chi connectivity index (χ4v) is 4.73. The molecule has 4 heterocycles. The maximum absolute atomic E-state index is 12.8. The lowest BCUT2D eigenvalue weighted by Crippen LogP contribution is -2.22. The first-order valence-corrected chi connectivity index (χ1v) is 12.2. The third kappa shape index (κ3) is 4.74. The summed E-state index contributed by atoms with van der Waals surface area (Å²) in [5.74, 6) is 0.810. The lowest BCUT2D eigenvalue weighted by atomic mass is 10.2. The lowest BCUT2D eigenvalue weighted by molar-refractivity contribution is -0.115. The number of benzene rings is 1. The molecule has 0 aliphatic carbocycles. The highest BCUT2D eigenvalue weighted by Gasteiger charge is 2.22. The van der Waals surface area contributed by atoms with E-state index in [2.05, 4.69) is 25.5 Å². The molecule has 0 aliphatic heterocycles. The number of anilines is 1. The van der Waals surface area contributed by atoms with Crippen LogP contribution in [0.3, 0.4) is 0 Å². The summed E-state index contributed by atoms with van der Waals surface area (Å²) in [6.07, 6.45) is 3.10. The molecule has 0 aliphatic rings. The van der Waals surface area contributed by atoms with E-state index in [1.807, 2.05) is 23.6 Å². The highest BCUT2D eigenvalue weighted by molar-refractivity contribution is 8.00. The number of halogens is 1. The molecule has 0 fully saturated rings. The molecule has 5 aromatic rings. The summed E-state index contributed by atoms with van der Waals surface area (Å²) in [6, 6.07) is 14.5. The molecule has 0 saturated carbocycles. The molecule has 1 atom stereocenters. The molecule has 0 spiro atoms. The Morgan fingerprint density at radius 3 is 2.44 bits per heavy atom. The van der Waals surface area contributed by atoms with Gasteiger partial charge in [-0.05, 0) is 37.3 Å². The monoisotopic (exact) mass is 509 g/mol. The number of carbonyl (C=O) groups is 1. The molecule has 1 N–H and O–H groups in total. The van der Waals surface area contributed by atoms with E-state index in [0.717, 1.165) is 5.56 Å². The highest BCUT2D eigenvalue weighted by atomic mass is 35.5. The number of amides is 1. The standard InChI is InChI=1S/C23H16ClN5O3S2/c1-13(21(30)27-22-25-16(12-33-22)14-6-2-3-7-15(14)24)34-23-26-19(17-8-4-10-31-17)20(28-29-23)18-9-5-11-32-18/h2-13H,1H3,(H,25,27,30). The van der Waals surface area contributed by atoms with Crippen molar-refractivity contribution in [3.05, 3.63) is 71.5 Å². The van der Waals surface area contributed by atoms with Crippen molar-refractivity contribution in [3.8, 4) is 34.2 Å². The second-order valence-corrected chi connectivity index (χ2v) is 9.59. The molecule has 4 aromatic heterocycles. The lowest BCUT2D eigenvalue weighted by Gasteiger charge is -2.10. The summed E-state index contributed by atoms with van der Waals surface area (Å²) in [7, 11) is 0. The largest absolute Gasteiger partial charge is 0.463 e. The Bertz CT molecular complexity index is 1420. The van der Waals surface area contributed by atoms with Gasteiger partial charge in [0.2, 0.25) is 11.1 Å². The topological polar surface area (TPSA) is 107 Å². The van der Waals surface area contributed by atoms with Crippen LogP contribution in [0.15, 0.2) is 80.4 Å². The molecule has 0 bridgehead atoms. The zero-order valence-corrected chi connectivity index (χ0v) is 20.0. The Morgan fingerprint density at radius 2 is 1.74 bits per heavy atom. The minimum Gasteiger partial charge on any atom is -0.463 e. The molecule has 11 heteroatoms. The SMILES string of the molecule is CC(Sc1nnc(-c2ccco2)c(-c2ccco2)n1)C(=O)Nc1nc(-c2ccccc2Cl)cs1. The van der Waals surface area contributed by atoms with Crippen LogP contribution in [0, 0.1) is 0 Å². The quantitative estimate of drug-likeness (QED) is 0.255. The van der Waals surface area contributed by atoms with E-state index in [1.165, 1.54) is 23.1 Å². The van der Waals surface area contributed by atoms with Gasteiger partial charge in [0, 0.05) is 16.0 Å². The number of nitrogens with one attached hydrogen (secondary N) is 1. The van der Waals surface area contributed by atoms with Crippen LogP contribution in [0.4, 0.5) is 5.13 Å². The number of aromatic nitrogens is 4. The normalized spacial score (nSPS) is 11.9. The van der Waals surface area contributed by atoms with E-state index in [1.54, 1.807) is 49.8 Å². The smallest absolute Gasteiger partial charge is 0.239 e. The molecule has 170 valence electrons. The first-order chi connectivity index (χ1) is 16.6. The van der Waals surface area contributed by atoms with Gasteiger partial charge in [-0.3, -0.25) is 4.79 Å². The minimum absolute atomic E-state index is 0.233. The molecule has 8 nitrogen and oxygen atoms in total. The zero-order valence-electron chi connectivity index (χ0n) is 17.6. The van der Waals surface area contributed by atoms with Gasteiger partial charge in [-0.25, -0.2) is 9.97 Å². The van der Waals surface area contributed by atoms with Gasteiger partial charge in [-0.2, -0.15) is 0 Å². The Labute approximate surface area is 207 Å². The van der Waals surface area contributed by atoms with Crippen LogP contribution in [0.25, 0.3) is 34.2 Å². The average molecular weight is 510 g/mol. The van der Waals surface area contributed by atoms with E-state index in [9.17, 15) is 4.79 Å². The van der Waals surface area contributed by atoms with Crippen molar-refractivity contribution in [2.45, 2.75) is 17.3 Å². The maximum Gasteiger partial charge on any atom is 0.239 e. The van der Waals surface area contributed by atoms with Gasteiger partial charge in [0.15, 0.2) is 22.3 Å². The summed E-state index contributed by atoms with van der Waals surface area (Å²) in [6.45, 7) is 1.76. The Morgan fingerprint density at radius 1 is 1.00 bits per heavy atom. The Balaban J connectivity index is 1.32. The fourth-order valence-electron chi connectivity index (χ4n) is 3.07. The predicted molar refractivity (Wildman–Crippen MR) is 132 cm³/mol. The van der Waals surface area contributed by atoms with Crippen molar-refractivity contribution in [2.75, 3.05) is 5.32 Å². The number of thioether (sulfide) groups is 1. The number of hydrogen-bond acceptors (Lipinski definition) is 9. The second-order valence-electron chi connectivity index (χ2n) is 7.01. The van der Waals surface area contributed by atoms with Gasteiger partial charge in [0.25, 0.3) is 0 Å². The van der Waals surface area contributed by atoms with E-state index < -0.39 is 5.25 Å². The van der Waals surface area contributed by atoms with Crippen molar-refractivity contribution in [1.29, 1.82) is 0 Å². The summed E-state index contributed by atoms with van der Waals surface area (Å²) in [4.78, 5) is 21.9. The molecule has 1 unspecified atom stereocenters. The van der Waals surface area contributed by atoms with Crippen molar-refractivity contribution in [2.24, 2.45) is 0 Å². The van der Waals surface area contributed by atoms with Crippen molar-refractivity contribution in [3.63, 3.8) is 0 Å². The minimum atomic E-state index is -0.506. The molecule has 1 aromatic carbocycles. The first kappa shape index (κ1) is 22.3. The average Bonchev–Trinajstić information content (AvgIpc) is 3.62. The van der Waals surface area contributed by atoms with E-state index >= 15 is 0 Å². The Kier molecular flexibility index (Phi) is 6.43. The van der Waals surface area contributed by atoms with Crippen LogP contribution in [0.1, 0.15) is 6.92 Å². The molecule has 1 amide bonds. The first-order valence-electron chi connectivity index (χ1n) is 10.1. The van der Waals surface area contributed by atoms with E-state index in [-0.39, 0.29) is 5.91 Å². The number of hydrogen-bond donors (Lipinski definition) is 1. The predicted octanol–water partition coefficient (Wildman–Crippen LogP) is 6.29. The van der Waals surface area contributed by atoms with Crippen molar-refractivity contribution >= 4 is 45.7 Å². The summed E-state index contributed by atoms with van der Waals surface area (Å²) in [5.41, 5.74) is 2.45. The zero-order chi connectivity index (χ0) is 23.5. The number of thiazole rings is 1. The van der Waals surface area contributed by atoms with Gasteiger partial charge in [0.05, 0.1) is 23.5 Å². The van der Waals surface area contributed by atoms with Crippen LogP contribution in [0.5, 0.6) is 0 Å². The second kappa shape index (κ2) is 9.80. The number of furan rings is 2. The summed E-state index contributed by atoms with van der Waals surface area (Å²) in [5, 5.41) is 14.1. The van der Waals surface area contributed by atoms with Gasteiger partial charge in [0.1, 0.15) is 5.69 Å². The van der Waals surface area contributed by atoms with E-state index in [0.29, 0.717) is 43.9 Å². The van der Waals surface area contributed by atoms with Gasteiger partial charge in [-0.15, -0.1) is 21.5 Å². The van der Waals surface area contributed by atoms with Crippen molar-refractivity contribution < 1.29 is 13.6 Å². The third-order valence-electron chi connectivity index (χ3n) is 4.71. The van der Waals surface area contributed by atoms with Gasteiger partial charge < -0.3 is 14.2 Å². The van der Waals surface area contributed by atoms with Crippen LogP contribution >= 0.6 is 34.7 Å².